The van der Waals surface area contributed by atoms with Crippen molar-refractivity contribution in [1.82, 2.24) is 5.32 Å². The zero-order valence-corrected chi connectivity index (χ0v) is 23.7. The summed E-state index contributed by atoms with van der Waals surface area (Å²) in [5, 5.41) is 7.31. The van der Waals surface area contributed by atoms with E-state index in [9.17, 15) is 9.59 Å². The van der Waals surface area contributed by atoms with Gasteiger partial charge in [-0.25, -0.2) is 9.59 Å². The lowest BCUT2D eigenvalue weighted by Crippen LogP contribution is -2.26. The molecule has 3 aromatic rings. The number of esters is 1. The normalized spacial score (nSPS) is 10.9. The van der Waals surface area contributed by atoms with Crippen molar-refractivity contribution in [2.75, 3.05) is 27.4 Å². The predicted molar refractivity (Wildman–Crippen MR) is 152 cm³/mol. The van der Waals surface area contributed by atoms with Crippen LogP contribution in [0.4, 0.5) is 4.79 Å². The molecule has 0 unspecified atom stereocenters. The summed E-state index contributed by atoms with van der Waals surface area (Å²) in [7, 11) is 2.83. The Labute approximate surface area is 242 Å². The number of ether oxygens (including phenoxy) is 4. The first-order valence-electron chi connectivity index (χ1n) is 12.3. The van der Waals surface area contributed by atoms with Crippen molar-refractivity contribution in [3.8, 4) is 11.5 Å². The second-order valence-corrected chi connectivity index (χ2v) is 9.24. The number of benzene rings is 3. The molecular formula is C29H30Cl2N2O7. The molecule has 0 radical (unpaired) electrons. The summed E-state index contributed by atoms with van der Waals surface area (Å²) in [5.41, 5.74) is 2.25. The number of carbonyl (C=O) groups excluding carboxylic acids is 2. The van der Waals surface area contributed by atoms with E-state index in [0.717, 1.165) is 11.1 Å². The minimum absolute atomic E-state index is 0.00187. The average molecular weight is 589 g/mol. The Balaban J connectivity index is 1.56. The van der Waals surface area contributed by atoms with Crippen LogP contribution in [0.3, 0.4) is 0 Å². The lowest BCUT2D eigenvalue weighted by molar-refractivity contribution is -0.133. The second kappa shape index (κ2) is 16.2. The third kappa shape index (κ3) is 9.98. The smallest absolute Gasteiger partial charge is 0.407 e. The highest BCUT2D eigenvalue weighted by molar-refractivity contribution is 6.38. The Hall–Kier alpha value is -3.95. The molecule has 0 atom stereocenters. The van der Waals surface area contributed by atoms with Crippen LogP contribution in [0.15, 0.2) is 71.9 Å². The van der Waals surface area contributed by atoms with Gasteiger partial charge in [-0.1, -0.05) is 70.8 Å². The van der Waals surface area contributed by atoms with Crippen LogP contribution in [-0.4, -0.2) is 45.1 Å². The molecule has 11 heteroatoms. The molecule has 0 saturated heterocycles. The lowest BCUT2D eigenvalue weighted by Gasteiger charge is -2.15. The molecule has 0 heterocycles. The molecule has 3 aromatic carbocycles. The molecule has 3 rings (SSSR count). The SMILES string of the molecule is COC(=O)/C(Cc1cc(Cl)cc(Cl)c1OCCCNC(=O)OCc1ccccc1)=N/OCc1ccc(OC)cc1. The van der Waals surface area contributed by atoms with Crippen molar-refractivity contribution < 1.29 is 33.4 Å². The molecule has 40 heavy (non-hydrogen) atoms. The van der Waals surface area contributed by atoms with Crippen LogP contribution in [0.5, 0.6) is 11.5 Å². The Bertz CT molecular complexity index is 1290. The van der Waals surface area contributed by atoms with Crippen molar-refractivity contribution in [3.63, 3.8) is 0 Å². The molecule has 0 aliphatic heterocycles. The van der Waals surface area contributed by atoms with Gasteiger partial charge in [0, 0.05) is 23.6 Å². The fourth-order valence-electron chi connectivity index (χ4n) is 3.46. The zero-order valence-electron chi connectivity index (χ0n) is 22.2. The van der Waals surface area contributed by atoms with E-state index in [1.165, 1.54) is 13.2 Å². The molecule has 0 aliphatic carbocycles. The number of hydrogen-bond acceptors (Lipinski definition) is 8. The number of halogens is 2. The summed E-state index contributed by atoms with van der Waals surface area (Å²) in [6.45, 7) is 0.861. The number of nitrogens with zero attached hydrogens (tertiary/aromatic N) is 1. The maximum atomic E-state index is 12.4. The fourth-order valence-corrected chi connectivity index (χ4v) is 4.05. The summed E-state index contributed by atoms with van der Waals surface area (Å²) >= 11 is 12.6. The van der Waals surface area contributed by atoms with E-state index in [0.29, 0.717) is 35.1 Å². The number of amides is 1. The average Bonchev–Trinajstić information content (AvgIpc) is 2.96. The molecule has 0 aliphatic rings. The summed E-state index contributed by atoms with van der Waals surface area (Å²) in [6, 6.07) is 19.8. The van der Waals surface area contributed by atoms with Crippen LogP contribution < -0.4 is 14.8 Å². The van der Waals surface area contributed by atoms with Crippen molar-refractivity contribution in [2.45, 2.75) is 26.1 Å². The van der Waals surface area contributed by atoms with Crippen LogP contribution in [0.25, 0.3) is 0 Å². The first-order valence-corrected chi connectivity index (χ1v) is 13.1. The van der Waals surface area contributed by atoms with Crippen LogP contribution in [0.1, 0.15) is 23.1 Å². The maximum absolute atomic E-state index is 12.4. The summed E-state index contributed by atoms with van der Waals surface area (Å²) in [6.07, 6.45) is -0.0564. The van der Waals surface area contributed by atoms with Gasteiger partial charge >= 0.3 is 12.1 Å². The zero-order chi connectivity index (χ0) is 28.7. The highest BCUT2D eigenvalue weighted by Gasteiger charge is 2.19. The quantitative estimate of drug-likeness (QED) is 0.107. The summed E-state index contributed by atoms with van der Waals surface area (Å²) in [5.74, 6) is 0.381. The molecule has 1 N–H and O–H groups in total. The van der Waals surface area contributed by atoms with Crippen LogP contribution >= 0.6 is 23.2 Å². The first-order chi connectivity index (χ1) is 19.4. The van der Waals surface area contributed by atoms with E-state index in [4.69, 9.17) is 47.0 Å². The number of hydrogen-bond donors (Lipinski definition) is 1. The third-order valence-electron chi connectivity index (χ3n) is 5.48. The Morgan fingerprint density at radius 2 is 1.65 bits per heavy atom. The Morgan fingerprint density at radius 1 is 0.925 bits per heavy atom. The van der Waals surface area contributed by atoms with Crippen molar-refractivity contribution in [3.05, 3.63) is 93.5 Å². The lowest BCUT2D eigenvalue weighted by atomic mass is 10.1. The van der Waals surface area contributed by atoms with Gasteiger partial charge in [0.1, 0.15) is 24.7 Å². The molecule has 0 bridgehead atoms. The van der Waals surface area contributed by atoms with Crippen LogP contribution in [0, 0.1) is 0 Å². The summed E-state index contributed by atoms with van der Waals surface area (Å²) in [4.78, 5) is 29.8. The van der Waals surface area contributed by atoms with Gasteiger partial charge in [-0.2, -0.15) is 0 Å². The van der Waals surface area contributed by atoms with E-state index in [1.807, 2.05) is 42.5 Å². The predicted octanol–water partition coefficient (Wildman–Crippen LogP) is 5.99. The topological polar surface area (TPSA) is 105 Å². The molecular weight excluding hydrogens is 559 g/mol. The number of methoxy groups -OCH3 is 2. The molecule has 0 spiro atoms. The van der Waals surface area contributed by atoms with Gasteiger partial charge in [0.15, 0.2) is 5.71 Å². The van der Waals surface area contributed by atoms with Gasteiger partial charge in [-0.3, -0.25) is 0 Å². The number of oxime groups is 1. The minimum Gasteiger partial charge on any atom is -0.497 e. The van der Waals surface area contributed by atoms with Gasteiger partial charge < -0.3 is 29.1 Å². The Morgan fingerprint density at radius 3 is 2.35 bits per heavy atom. The van der Waals surface area contributed by atoms with Crippen LogP contribution in [-0.2, 0) is 38.7 Å². The van der Waals surface area contributed by atoms with E-state index in [2.05, 4.69) is 10.5 Å². The Kier molecular flexibility index (Phi) is 12.4. The molecule has 9 nitrogen and oxygen atoms in total. The first kappa shape index (κ1) is 30.6. The fraction of sp³-hybridized carbons (Fsp3) is 0.276. The van der Waals surface area contributed by atoms with E-state index in [1.54, 1.807) is 25.3 Å². The highest BCUT2D eigenvalue weighted by Crippen LogP contribution is 2.33. The molecule has 0 fully saturated rings. The molecule has 0 saturated carbocycles. The number of carbonyl (C=O) groups is 2. The summed E-state index contributed by atoms with van der Waals surface area (Å²) < 4.78 is 21.1. The van der Waals surface area contributed by atoms with Gasteiger partial charge in [-0.15, -0.1) is 0 Å². The standard InChI is InChI=1S/C29H30Cl2N2O7/c1-36-24-11-9-21(10-12-24)19-40-33-26(28(34)37-2)16-22-15-23(30)17-25(31)27(22)38-14-6-13-32-29(35)39-18-20-7-4-3-5-8-20/h3-5,7-12,15,17H,6,13-14,16,18-19H2,1-2H3,(H,32,35)/b33-26+. The van der Waals surface area contributed by atoms with Crippen LogP contribution in [0.2, 0.25) is 10.0 Å². The minimum atomic E-state index is -0.671. The highest BCUT2D eigenvalue weighted by atomic mass is 35.5. The van der Waals surface area contributed by atoms with Gasteiger partial charge in [0.25, 0.3) is 0 Å². The number of nitrogens with one attached hydrogen (secondary N) is 1. The monoisotopic (exact) mass is 588 g/mol. The molecule has 0 aromatic heterocycles. The third-order valence-corrected chi connectivity index (χ3v) is 5.98. The number of alkyl carbamates (subject to hydrolysis) is 1. The maximum Gasteiger partial charge on any atom is 0.407 e. The molecule has 212 valence electrons. The number of rotatable bonds is 14. The molecule has 1 amide bonds. The van der Waals surface area contributed by atoms with E-state index >= 15 is 0 Å². The van der Waals surface area contributed by atoms with E-state index in [-0.39, 0.29) is 37.0 Å². The van der Waals surface area contributed by atoms with E-state index < -0.39 is 12.1 Å². The van der Waals surface area contributed by atoms with Gasteiger partial charge in [0.2, 0.25) is 0 Å². The van der Waals surface area contributed by atoms with Crippen molar-refractivity contribution >= 4 is 41.0 Å². The largest absolute Gasteiger partial charge is 0.497 e. The second-order valence-electron chi connectivity index (χ2n) is 8.39. The van der Waals surface area contributed by atoms with Gasteiger partial charge in [-0.05, 0) is 41.8 Å². The van der Waals surface area contributed by atoms with Gasteiger partial charge in [0.05, 0.1) is 25.8 Å². The van der Waals surface area contributed by atoms with Crippen molar-refractivity contribution in [1.29, 1.82) is 0 Å². The van der Waals surface area contributed by atoms with Crippen molar-refractivity contribution in [2.24, 2.45) is 5.16 Å².